The Morgan fingerprint density at radius 1 is 1.54 bits per heavy atom. The van der Waals surface area contributed by atoms with Gasteiger partial charge < -0.3 is 14.6 Å². The van der Waals surface area contributed by atoms with E-state index in [-0.39, 0.29) is 17.6 Å². The molecule has 0 spiro atoms. The zero-order valence-electron chi connectivity index (χ0n) is 14.6. The Morgan fingerprint density at radius 3 is 2.96 bits per heavy atom. The lowest BCUT2D eigenvalue weighted by Crippen LogP contribution is -2.46. The summed E-state index contributed by atoms with van der Waals surface area (Å²) in [6.07, 6.45) is 3.23. The number of aryl methyl sites for hydroxylation is 1. The topological polar surface area (TPSA) is 86.2 Å². The van der Waals surface area contributed by atoms with E-state index in [2.05, 4.69) is 18.8 Å². The first-order valence-electron chi connectivity index (χ1n) is 8.47. The molecule has 1 unspecified atom stereocenters. The van der Waals surface area contributed by atoms with Gasteiger partial charge in [0.1, 0.15) is 11.6 Å². The molecule has 0 bridgehead atoms. The van der Waals surface area contributed by atoms with E-state index in [1.165, 1.54) is 6.07 Å². The number of hydrogen-bond donors (Lipinski definition) is 1. The minimum absolute atomic E-state index is 0.0364. The molecule has 1 N–H and O–H groups in total. The maximum absolute atomic E-state index is 12.8. The van der Waals surface area contributed by atoms with E-state index < -0.39 is 5.56 Å². The highest BCUT2D eigenvalue weighted by molar-refractivity contribution is 5.95. The molecule has 24 heavy (non-hydrogen) atoms. The molecule has 0 aliphatic carbocycles. The first kappa shape index (κ1) is 18.2. The second-order valence-electron chi connectivity index (χ2n) is 6.73. The summed E-state index contributed by atoms with van der Waals surface area (Å²) in [4.78, 5) is 28.7. The number of hydrogen-bond acceptors (Lipinski definition) is 4. The Bertz CT molecular complexity index is 688. The highest BCUT2D eigenvalue weighted by Gasteiger charge is 2.26. The number of carbonyl (C=O) groups is 1. The van der Waals surface area contributed by atoms with Crippen molar-refractivity contribution in [3.05, 3.63) is 33.2 Å². The van der Waals surface area contributed by atoms with Crippen molar-refractivity contribution >= 4 is 5.91 Å². The van der Waals surface area contributed by atoms with Gasteiger partial charge in [-0.1, -0.05) is 26.7 Å². The molecule has 1 aromatic heterocycles. The maximum Gasteiger partial charge on any atom is 0.266 e. The van der Waals surface area contributed by atoms with Crippen LogP contribution in [0, 0.1) is 24.2 Å². The molecule has 2 heterocycles. The average molecular weight is 331 g/mol. The fraction of sp³-hybridized carbons (Fsp3) is 0.611. The van der Waals surface area contributed by atoms with E-state index in [1.54, 1.807) is 11.8 Å². The first-order valence-corrected chi connectivity index (χ1v) is 8.47. The molecule has 2 rings (SSSR count). The third-order valence-electron chi connectivity index (χ3n) is 4.32. The van der Waals surface area contributed by atoms with Crippen molar-refractivity contribution in [3.8, 4) is 6.07 Å². The van der Waals surface area contributed by atoms with Crippen LogP contribution in [0.1, 0.15) is 54.7 Å². The summed E-state index contributed by atoms with van der Waals surface area (Å²) in [5, 5.41) is 8.99. The second kappa shape index (κ2) is 8.11. The van der Waals surface area contributed by atoms with E-state index in [1.807, 2.05) is 6.07 Å². The fourth-order valence-corrected chi connectivity index (χ4v) is 2.93. The maximum atomic E-state index is 12.8. The van der Waals surface area contributed by atoms with Crippen LogP contribution >= 0.6 is 0 Å². The Morgan fingerprint density at radius 2 is 2.29 bits per heavy atom. The summed E-state index contributed by atoms with van der Waals surface area (Å²) in [6.45, 7) is 7.67. The predicted molar refractivity (Wildman–Crippen MR) is 90.8 cm³/mol. The Labute approximate surface area is 142 Å². The number of pyridine rings is 1. The van der Waals surface area contributed by atoms with Crippen molar-refractivity contribution in [3.63, 3.8) is 0 Å². The summed E-state index contributed by atoms with van der Waals surface area (Å²) < 4.78 is 5.77. The number of nitriles is 1. The number of aromatic amines is 1. The van der Waals surface area contributed by atoms with Gasteiger partial charge in [-0.2, -0.15) is 5.26 Å². The van der Waals surface area contributed by atoms with Gasteiger partial charge in [-0.15, -0.1) is 0 Å². The van der Waals surface area contributed by atoms with E-state index in [0.29, 0.717) is 36.9 Å². The van der Waals surface area contributed by atoms with Gasteiger partial charge in [0.15, 0.2) is 0 Å². The van der Waals surface area contributed by atoms with Gasteiger partial charge >= 0.3 is 0 Å². The zero-order chi connectivity index (χ0) is 17.7. The molecule has 6 nitrogen and oxygen atoms in total. The number of nitrogens with zero attached hydrogens (tertiary/aromatic N) is 2. The average Bonchev–Trinajstić information content (AvgIpc) is 2.54. The van der Waals surface area contributed by atoms with Crippen LogP contribution in [0.4, 0.5) is 0 Å². The van der Waals surface area contributed by atoms with E-state index in [0.717, 1.165) is 19.3 Å². The molecular weight excluding hydrogens is 306 g/mol. The molecule has 0 aromatic carbocycles. The molecule has 0 saturated carbocycles. The largest absolute Gasteiger partial charge is 0.375 e. The smallest absolute Gasteiger partial charge is 0.266 e. The molecule has 6 heteroatoms. The van der Waals surface area contributed by atoms with Crippen molar-refractivity contribution in [2.45, 2.75) is 46.1 Å². The van der Waals surface area contributed by atoms with Crippen molar-refractivity contribution in [1.82, 2.24) is 9.88 Å². The van der Waals surface area contributed by atoms with Crippen LogP contribution in [0.2, 0.25) is 0 Å². The summed E-state index contributed by atoms with van der Waals surface area (Å²) in [6, 6.07) is 3.22. The highest BCUT2D eigenvalue weighted by atomic mass is 16.5. The summed E-state index contributed by atoms with van der Waals surface area (Å²) in [5.74, 6) is 0.511. The summed E-state index contributed by atoms with van der Waals surface area (Å²) >= 11 is 0. The first-order chi connectivity index (χ1) is 11.4. The molecule has 1 aromatic rings. The lowest BCUT2D eigenvalue weighted by molar-refractivity contribution is -0.0260. The molecule has 1 amide bonds. The van der Waals surface area contributed by atoms with Crippen LogP contribution in [-0.2, 0) is 4.74 Å². The Balaban J connectivity index is 2.07. The van der Waals surface area contributed by atoms with Gasteiger partial charge in [0, 0.05) is 18.8 Å². The monoisotopic (exact) mass is 331 g/mol. The summed E-state index contributed by atoms with van der Waals surface area (Å²) in [5.41, 5.74) is 0.381. The van der Waals surface area contributed by atoms with E-state index >= 15 is 0 Å². The lowest BCUT2D eigenvalue weighted by atomic mass is 10.0. The van der Waals surface area contributed by atoms with Crippen LogP contribution in [0.25, 0.3) is 0 Å². The molecule has 1 saturated heterocycles. The minimum Gasteiger partial charge on any atom is -0.375 e. The van der Waals surface area contributed by atoms with Crippen LogP contribution in [-0.4, -0.2) is 41.6 Å². The number of carbonyl (C=O) groups excluding carboxylic acids is 1. The number of nitrogens with one attached hydrogen (secondary N) is 1. The number of rotatable bonds is 5. The molecular formula is C18H25N3O3. The van der Waals surface area contributed by atoms with Gasteiger partial charge in [-0.25, -0.2) is 0 Å². The normalized spacial score (nSPS) is 17.8. The third-order valence-corrected chi connectivity index (χ3v) is 4.32. The SMILES string of the molecule is Cc1[nH]c(=O)c(C#N)cc1C(=O)N1CCOC(CCCC(C)C)C1. The second-order valence-corrected chi connectivity index (χ2v) is 6.73. The standard InChI is InChI=1S/C18H25N3O3/c1-12(2)5-4-6-15-11-21(7-8-24-15)18(23)16-9-14(10-19)17(22)20-13(16)3/h9,12,15H,4-8,11H2,1-3H3,(H,20,22). The zero-order valence-corrected chi connectivity index (χ0v) is 14.6. The third kappa shape index (κ3) is 4.45. The number of H-pyrrole nitrogens is 1. The minimum atomic E-state index is -0.458. The number of morpholine rings is 1. The molecule has 1 atom stereocenters. The lowest BCUT2D eigenvalue weighted by Gasteiger charge is -2.33. The predicted octanol–water partition coefficient (Wildman–Crippen LogP) is 2.22. The molecule has 1 aliphatic rings. The number of amides is 1. The van der Waals surface area contributed by atoms with Crippen molar-refractivity contribution in [2.24, 2.45) is 5.92 Å². The van der Waals surface area contributed by atoms with Gasteiger partial charge in [-0.05, 0) is 25.3 Å². The van der Waals surface area contributed by atoms with Gasteiger partial charge in [-0.3, -0.25) is 9.59 Å². The van der Waals surface area contributed by atoms with Crippen molar-refractivity contribution < 1.29 is 9.53 Å². The fourth-order valence-electron chi connectivity index (χ4n) is 2.93. The summed E-state index contributed by atoms with van der Waals surface area (Å²) in [7, 11) is 0. The van der Waals surface area contributed by atoms with Gasteiger partial charge in [0.05, 0.1) is 18.3 Å². The molecule has 0 radical (unpaired) electrons. The van der Waals surface area contributed by atoms with Crippen LogP contribution < -0.4 is 5.56 Å². The van der Waals surface area contributed by atoms with Crippen LogP contribution in [0.15, 0.2) is 10.9 Å². The van der Waals surface area contributed by atoms with Crippen LogP contribution in [0.5, 0.6) is 0 Å². The van der Waals surface area contributed by atoms with Crippen LogP contribution in [0.3, 0.4) is 0 Å². The quantitative estimate of drug-likeness (QED) is 0.896. The van der Waals surface area contributed by atoms with Gasteiger partial charge in [0.2, 0.25) is 0 Å². The van der Waals surface area contributed by atoms with E-state index in [9.17, 15) is 9.59 Å². The molecule has 130 valence electrons. The molecule has 1 aliphatic heterocycles. The van der Waals surface area contributed by atoms with Crippen molar-refractivity contribution in [2.75, 3.05) is 19.7 Å². The Hall–Kier alpha value is -2.13. The van der Waals surface area contributed by atoms with Crippen molar-refractivity contribution in [1.29, 1.82) is 5.26 Å². The van der Waals surface area contributed by atoms with E-state index in [4.69, 9.17) is 10.00 Å². The Kier molecular flexibility index (Phi) is 6.16. The molecule has 1 fully saturated rings. The number of aromatic nitrogens is 1. The van der Waals surface area contributed by atoms with Gasteiger partial charge in [0.25, 0.3) is 11.5 Å². The highest BCUT2D eigenvalue weighted by Crippen LogP contribution is 2.17. The number of ether oxygens (including phenoxy) is 1.